The van der Waals surface area contributed by atoms with Gasteiger partial charge < -0.3 is 10.1 Å². The highest BCUT2D eigenvalue weighted by molar-refractivity contribution is 6.31. The first-order valence-corrected chi connectivity index (χ1v) is 8.90. The van der Waals surface area contributed by atoms with Crippen molar-refractivity contribution in [3.8, 4) is 5.75 Å². The fourth-order valence-electron chi connectivity index (χ4n) is 2.70. The zero-order valence-electron chi connectivity index (χ0n) is 15.6. The van der Waals surface area contributed by atoms with Gasteiger partial charge in [0.2, 0.25) is 0 Å². The van der Waals surface area contributed by atoms with Crippen molar-refractivity contribution in [3.63, 3.8) is 0 Å². The van der Waals surface area contributed by atoms with Gasteiger partial charge in [-0.05, 0) is 61.9 Å². The van der Waals surface area contributed by atoms with Crippen molar-refractivity contribution in [1.29, 1.82) is 0 Å². The van der Waals surface area contributed by atoms with Gasteiger partial charge >= 0.3 is 0 Å². The molecular formula is C22H25ClN2O. The summed E-state index contributed by atoms with van der Waals surface area (Å²) in [6.45, 7) is 8.02. The lowest BCUT2D eigenvalue weighted by Crippen LogP contribution is -2.04. The van der Waals surface area contributed by atoms with Crippen LogP contribution in [-0.2, 0) is 13.0 Å². The Morgan fingerprint density at radius 3 is 2.73 bits per heavy atom. The van der Waals surface area contributed by atoms with Crippen LogP contribution in [-0.4, -0.2) is 13.8 Å². The number of rotatable bonds is 8. The van der Waals surface area contributed by atoms with E-state index in [1.165, 1.54) is 5.56 Å². The molecule has 3 nitrogen and oxygen atoms in total. The van der Waals surface area contributed by atoms with Crippen LogP contribution in [0.1, 0.15) is 22.3 Å². The molecule has 2 aromatic carbocycles. The monoisotopic (exact) mass is 368 g/mol. The fourth-order valence-corrected chi connectivity index (χ4v) is 2.93. The van der Waals surface area contributed by atoms with Gasteiger partial charge in [0, 0.05) is 29.5 Å². The van der Waals surface area contributed by atoms with E-state index in [0.717, 1.165) is 34.5 Å². The summed E-state index contributed by atoms with van der Waals surface area (Å²) in [5.41, 5.74) is 5.57. The van der Waals surface area contributed by atoms with Gasteiger partial charge in [0.05, 0.1) is 0 Å². The SMILES string of the molecule is C=N/C=C\C=C/Cc1cc(C)c(OCc2c(C)cccc2NC)cc1Cl. The molecule has 4 heteroatoms. The molecular weight excluding hydrogens is 344 g/mol. The second-order valence-corrected chi connectivity index (χ2v) is 6.41. The number of aliphatic imine (C=N–C) groups is 1. The summed E-state index contributed by atoms with van der Waals surface area (Å²) in [5, 5.41) is 3.92. The average Bonchev–Trinajstić information content (AvgIpc) is 2.63. The Morgan fingerprint density at radius 2 is 2.00 bits per heavy atom. The van der Waals surface area contributed by atoms with Crippen LogP contribution in [0.5, 0.6) is 5.75 Å². The summed E-state index contributed by atoms with van der Waals surface area (Å²) in [5.74, 6) is 0.809. The summed E-state index contributed by atoms with van der Waals surface area (Å²) >= 11 is 6.44. The van der Waals surface area contributed by atoms with Crippen molar-refractivity contribution >= 4 is 24.0 Å². The minimum atomic E-state index is 0.499. The number of nitrogens with zero attached hydrogens (tertiary/aromatic N) is 1. The third-order valence-corrected chi connectivity index (χ3v) is 4.52. The van der Waals surface area contributed by atoms with Crippen LogP contribution >= 0.6 is 11.6 Å². The Labute approximate surface area is 161 Å². The molecule has 0 fully saturated rings. The van der Waals surface area contributed by atoms with E-state index < -0.39 is 0 Å². The molecule has 0 aliphatic heterocycles. The number of hydrogen-bond donors (Lipinski definition) is 1. The average molecular weight is 369 g/mol. The molecule has 0 saturated heterocycles. The van der Waals surface area contributed by atoms with E-state index in [0.29, 0.717) is 11.6 Å². The predicted octanol–water partition coefficient (Wildman–Crippen LogP) is 5.89. The van der Waals surface area contributed by atoms with E-state index in [9.17, 15) is 0 Å². The number of allylic oxidation sites excluding steroid dienone is 3. The first kappa shape index (κ1) is 19.8. The van der Waals surface area contributed by atoms with Gasteiger partial charge in [0.1, 0.15) is 12.4 Å². The van der Waals surface area contributed by atoms with Crippen molar-refractivity contribution in [2.45, 2.75) is 26.9 Å². The van der Waals surface area contributed by atoms with Crippen LogP contribution in [0.3, 0.4) is 0 Å². The van der Waals surface area contributed by atoms with E-state index in [2.05, 4.69) is 42.1 Å². The predicted molar refractivity (Wildman–Crippen MR) is 113 cm³/mol. The maximum Gasteiger partial charge on any atom is 0.124 e. The van der Waals surface area contributed by atoms with Gasteiger partial charge in [0.15, 0.2) is 0 Å². The number of aryl methyl sites for hydroxylation is 2. The van der Waals surface area contributed by atoms with Crippen LogP contribution < -0.4 is 10.1 Å². The van der Waals surface area contributed by atoms with Gasteiger partial charge in [-0.25, -0.2) is 0 Å². The van der Waals surface area contributed by atoms with E-state index in [4.69, 9.17) is 16.3 Å². The molecule has 0 radical (unpaired) electrons. The minimum absolute atomic E-state index is 0.499. The highest BCUT2D eigenvalue weighted by atomic mass is 35.5. The van der Waals surface area contributed by atoms with Crippen LogP contribution in [0, 0.1) is 13.8 Å². The molecule has 1 N–H and O–H groups in total. The van der Waals surface area contributed by atoms with E-state index in [1.54, 1.807) is 6.20 Å². The zero-order valence-corrected chi connectivity index (χ0v) is 16.3. The molecule has 136 valence electrons. The van der Waals surface area contributed by atoms with Gasteiger partial charge in [-0.2, -0.15) is 0 Å². The fraction of sp³-hybridized carbons (Fsp3) is 0.227. The van der Waals surface area contributed by atoms with Crippen LogP contribution in [0.4, 0.5) is 5.69 Å². The quantitative estimate of drug-likeness (QED) is 0.465. The normalized spacial score (nSPS) is 11.2. The third-order valence-electron chi connectivity index (χ3n) is 4.17. The zero-order chi connectivity index (χ0) is 18.9. The van der Waals surface area contributed by atoms with Gasteiger partial charge in [-0.1, -0.05) is 42.0 Å². The molecule has 2 rings (SSSR count). The van der Waals surface area contributed by atoms with Crippen molar-refractivity contribution in [2.75, 3.05) is 12.4 Å². The summed E-state index contributed by atoms with van der Waals surface area (Å²) in [7, 11) is 1.92. The molecule has 0 heterocycles. The number of benzene rings is 2. The molecule has 0 bridgehead atoms. The number of halogens is 1. The molecule has 0 spiro atoms. The summed E-state index contributed by atoms with van der Waals surface area (Å²) in [6.07, 6.45) is 8.21. The lowest BCUT2D eigenvalue weighted by Gasteiger charge is -2.16. The number of ether oxygens (including phenoxy) is 1. The minimum Gasteiger partial charge on any atom is -0.488 e. The maximum absolute atomic E-state index is 6.44. The molecule has 0 aliphatic carbocycles. The summed E-state index contributed by atoms with van der Waals surface area (Å²) in [4.78, 5) is 3.66. The Hall–Kier alpha value is -2.52. The van der Waals surface area contributed by atoms with E-state index in [1.807, 2.05) is 44.3 Å². The van der Waals surface area contributed by atoms with Crippen LogP contribution in [0.2, 0.25) is 5.02 Å². The number of anilines is 1. The smallest absolute Gasteiger partial charge is 0.124 e. The summed E-state index contributed by atoms with van der Waals surface area (Å²) in [6, 6.07) is 10.2. The Bertz CT molecular complexity index is 825. The Kier molecular flexibility index (Phi) is 7.49. The second kappa shape index (κ2) is 9.83. The molecule has 0 aromatic heterocycles. The molecule has 0 amide bonds. The lowest BCUT2D eigenvalue weighted by molar-refractivity contribution is 0.304. The van der Waals surface area contributed by atoms with Gasteiger partial charge in [0.25, 0.3) is 0 Å². The third kappa shape index (κ3) is 5.24. The molecule has 0 atom stereocenters. The molecule has 0 unspecified atom stereocenters. The van der Waals surface area contributed by atoms with Crippen molar-refractivity contribution in [3.05, 3.63) is 82.0 Å². The summed E-state index contributed by atoms with van der Waals surface area (Å²) < 4.78 is 6.07. The van der Waals surface area contributed by atoms with Crippen molar-refractivity contribution in [2.24, 2.45) is 4.99 Å². The molecule has 2 aromatic rings. The molecule has 0 saturated carbocycles. The van der Waals surface area contributed by atoms with Crippen molar-refractivity contribution in [1.82, 2.24) is 0 Å². The largest absolute Gasteiger partial charge is 0.488 e. The van der Waals surface area contributed by atoms with E-state index in [-0.39, 0.29) is 0 Å². The Balaban J connectivity index is 2.12. The topological polar surface area (TPSA) is 33.6 Å². The molecule has 26 heavy (non-hydrogen) atoms. The van der Waals surface area contributed by atoms with Crippen LogP contribution in [0.15, 0.2) is 59.8 Å². The Morgan fingerprint density at radius 1 is 1.19 bits per heavy atom. The first-order chi connectivity index (χ1) is 12.6. The maximum atomic E-state index is 6.44. The number of nitrogens with one attached hydrogen (secondary N) is 1. The van der Waals surface area contributed by atoms with Crippen molar-refractivity contribution < 1.29 is 4.74 Å². The van der Waals surface area contributed by atoms with Crippen LogP contribution in [0.25, 0.3) is 0 Å². The highest BCUT2D eigenvalue weighted by Crippen LogP contribution is 2.29. The second-order valence-electron chi connectivity index (χ2n) is 6.01. The highest BCUT2D eigenvalue weighted by Gasteiger charge is 2.09. The molecule has 0 aliphatic rings. The van der Waals surface area contributed by atoms with E-state index >= 15 is 0 Å². The number of hydrogen-bond acceptors (Lipinski definition) is 3. The lowest BCUT2D eigenvalue weighted by atomic mass is 10.1. The first-order valence-electron chi connectivity index (χ1n) is 8.52. The van der Waals surface area contributed by atoms with Gasteiger partial charge in [-0.15, -0.1) is 0 Å². The standard InChI is InChI=1S/C22H25ClN2O/c1-16-9-8-11-21(25-4)19(16)15-26-22-14-20(23)18(13-17(22)2)10-6-5-7-12-24-3/h5-9,11-14,25H,3,10,15H2,1-2,4H3/b6-5-,12-7-. The van der Waals surface area contributed by atoms with Gasteiger partial charge in [-0.3, -0.25) is 4.99 Å².